The molecule has 32 heavy (non-hydrogen) atoms. The molecule has 3 aromatic carbocycles. The Labute approximate surface area is 193 Å². The monoisotopic (exact) mass is 446 g/mol. The van der Waals surface area contributed by atoms with Gasteiger partial charge in [-0.3, -0.25) is 4.90 Å². The number of nitrogens with zero attached hydrogens (tertiary/aromatic N) is 2. The molecule has 0 unspecified atom stereocenters. The van der Waals surface area contributed by atoms with Crippen molar-refractivity contribution in [2.75, 3.05) is 19.7 Å². The maximum atomic E-state index is 10.4. The second-order valence-corrected chi connectivity index (χ2v) is 8.77. The Morgan fingerprint density at radius 1 is 1.09 bits per heavy atom. The summed E-state index contributed by atoms with van der Waals surface area (Å²) in [7, 11) is 0. The van der Waals surface area contributed by atoms with Gasteiger partial charge in [-0.05, 0) is 66.4 Å². The predicted octanol–water partition coefficient (Wildman–Crippen LogP) is 6.58. The standard InChI is InChI=1S/C27H27ClN2O2/c1-3-12-30-13-11-20-21(16-30)26(18-14-22(28)27(31)24(15-18)32-4-2)29-23-10-9-17-7-5-6-8-19(17)25(20)23/h5-10,14-15,31H,3-4,11-13,16H2,1-2H3. The number of rotatable bonds is 5. The van der Waals surface area contributed by atoms with Crippen LogP contribution in [0.5, 0.6) is 11.5 Å². The van der Waals surface area contributed by atoms with Gasteiger partial charge in [-0.15, -0.1) is 0 Å². The SMILES string of the molecule is CCCN1CCc2c(c(-c3cc(Cl)c(O)c(OCC)c3)nc3ccc4ccccc4c23)C1. The van der Waals surface area contributed by atoms with Gasteiger partial charge < -0.3 is 9.84 Å². The number of fused-ring (bicyclic) bond motifs is 5. The zero-order valence-corrected chi connectivity index (χ0v) is 19.2. The van der Waals surface area contributed by atoms with E-state index in [0.29, 0.717) is 12.4 Å². The van der Waals surface area contributed by atoms with Crippen LogP contribution in [0.25, 0.3) is 32.9 Å². The number of hydrogen-bond acceptors (Lipinski definition) is 4. The summed E-state index contributed by atoms with van der Waals surface area (Å²) in [5.74, 6) is 0.371. The molecule has 0 radical (unpaired) electrons. The molecule has 164 valence electrons. The highest BCUT2D eigenvalue weighted by molar-refractivity contribution is 6.32. The normalized spacial score (nSPS) is 14.1. The van der Waals surface area contributed by atoms with Crippen molar-refractivity contribution in [3.05, 3.63) is 64.7 Å². The van der Waals surface area contributed by atoms with Gasteiger partial charge >= 0.3 is 0 Å². The van der Waals surface area contributed by atoms with E-state index in [1.807, 2.05) is 13.0 Å². The van der Waals surface area contributed by atoms with E-state index in [2.05, 4.69) is 48.2 Å². The lowest BCUT2D eigenvalue weighted by molar-refractivity contribution is 0.255. The lowest BCUT2D eigenvalue weighted by Gasteiger charge is -2.31. The van der Waals surface area contributed by atoms with Gasteiger partial charge in [-0.1, -0.05) is 48.9 Å². The van der Waals surface area contributed by atoms with Crippen LogP contribution < -0.4 is 4.74 Å². The fourth-order valence-electron chi connectivity index (χ4n) is 4.89. The van der Waals surface area contributed by atoms with E-state index in [4.69, 9.17) is 21.3 Å². The first-order chi connectivity index (χ1) is 15.6. The third-order valence-electron chi connectivity index (χ3n) is 6.29. The van der Waals surface area contributed by atoms with Crippen molar-refractivity contribution in [1.82, 2.24) is 9.88 Å². The average molecular weight is 447 g/mol. The highest BCUT2D eigenvalue weighted by Gasteiger charge is 2.25. The molecular formula is C27H27ClN2O2. The second-order valence-electron chi connectivity index (χ2n) is 8.36. The molecule has 4 nitrogen and oxygen atoms in total. The summed E-state index contributed by atoms with van der Waals surface area (Å²) in [6.45, 7) is 7.52. The van der Waals surface area contributed by atoms with Crippen LogP contribution in [0.4, 0.5) is 0 Å². The van der Waals surface area contributed by atoms with Crippen LogP contribution in [-0.2, 0) is 13.0 Å². The lowest BCUT2D eigenvalue weighted by atomic mass is 9.89. The van der Waals surface area contributed by atoms with Crippen molar-refractivity contribution in [1.29, 1.82) is 0 Å². The smallest absolute Gasteiger partial charge is 0.176 e. The largest absolute Gasteiger partial charge is 0.503 e. The quantitative estimate of drug-likeness (QED) is 0.351. The Morgan fingerprint density at radius 2 is 1.94 bits per heavy atom. The summed E-state index contributed by atoms with van der Waals surface area (Å²) in [4.78, 5) is 7.65. The molecule has 0 amide bonds. The zero-order valence-electron chi connectivity index (χ0n) is 18.5. The minimum absolute atomic E-state index is 0.0227. The third-order valence-corrected chi connectivity index (χ3v) is 6.58. The number of hydrogen-bond donors (Lipinski definition) is 1. The van der Waals surface area contributed by atoms with Crippen LogP contribution >= 0.6 is 11.6 Å². The molecule has 1 N–H and O–H groups in total. The van der Waals surface area contributed by atoms with Crippen molar-refractivity contribution in [2.45, 2.75) is 33.2 Å². The Kier molecular flexibility index (Phi) is 5.66. The number of halogens is 1. The second kappa shape index (κ2) is 8.61. The van der Waals surface area contributed by atoms with E-state index in [9.17, 15) is 5.11 Å². The van der Waals surface area contributed by atoms with E-state index >= 15 is 0 Å². The molecule has 1 aliphatic rings. The summed E-state index contributed by atoms with van der Waals surface area (Å²) in [5, 5.41) is 14.4. The molecular weight excluding hydrogens is 420 g/mol. The highest BCUT2D eigenvalue weighted by atomic mass is 35.5. The van der Waals surface area contributed by atoms with E-state index in [1.165, 1.54) is 27.3 Å². The van der Waals surface area contributed by atoms with Gasteiger partial charge in [0.15, 0.2) is 11.5 Å². The van der Waals surface area contributed by atoms with E-state index in [0.717, 1.165) is 49.2 Å². The summed E-state index contributed by atoms with van der Waals surface area (Å²) >= 11 is 6.39. The van der Waals surface area contributed by atoms with E-state index < -0.39 is 0 Å². The molecule has 0 bridgehead atoms. The molecule has 5 heteroatoms. The fourth-order valence-corrected chi connectivity index (χ4v) is 5.10. The Balaban J connectivity index is 1.80. The minimum Gasteiger partial charge on any atom is -0.503 e. The molecule has 0 saturated heterocycles. The van der Waals surface area contributed by atoms with Crippen LogP contribution in [-0.4, -0.2) is 34.7 Å². The molecule has 0 fully saturated rings. The third kappa shape index (κ3) is 3.58. The van der Waals surface area contributed by atoms with Gasteiger partial charge in [0.2, 0.25) is 0 Å². The molecule has 0 spiro atoms. The van der Waals surface area contributed by atoms with E-state index in [1.54, 1.807) is 6.07 Å². The van der Waals surface area contributed by atoms with E-state index in [-0.39, 0.29) is 10.8 Å². The number of phenols is 1. The topological polar surface area (TPSA) is 45.6 Å². The molecule has 1 aromatic heterocycles. The van der Waals surface area contributed by atoms with Crippen molar-refractivity contribution >= 4 is 33.3 Å². The van der Waals surface area contributed by atoms with Crippen molar-refractivity contribution in [2.24, 2.45) is 0 Å². The zero-order chi connectivity index (χ0) is 22.2. The maximum absolute atomic E-state index is 10.4. The number of phenolic OH excluding ortho intramolecular Hbond substituents is 1. The van der Waals surface area contributed by atoms with Gasteiger partial charge in [0.25, 0.3) is 0 Å². The van der Waals surface area contributed by atoms with Crippen LogP contribution in [0, 0.1) is 0 Å². The fraction of sp³-hybridized carbons (Fsp3) is 0.296. The minimum atomic E-state index is -0.0227. The molecule has 0 saturated carbocycles. The Hall–Kier alpha value is -2.82. The summed E-state index contributed by atoms with van der Waals surface area (Å²) in [6, 6.07) is 16.5. The molecule has 2 heterocycles. The Bertz CT molecular complexity index is 1320. The highest BCUT2D eigenvalue weighted by Crippen LogP contribution is 2.42. The van der Waals surface area contributed by atoms with Crippen LogP contribution in [0.15, 0.2) is 48.5 Å². The number of aromatic nitrogens is 1. The first-order valence-corrected chi connectivity index (χ1v) is 11.7. The molecule has 0 aliphatic carbocycles. The molecule has 5 rings (SSSR count). The van der Waals surface area contributed by atoms with Crippen molar-refractivity contribution in [3.63, 3.8) is 0 Å². The van der Waals surface area contributed by atoms with Gasteiger partial charge in [0.05, 0.1) is 22.8 Å². The average Bonchev–Trinajstić information content (AvgIpc) is 2.81. The van der Waals surface area contributed by atoms with Crippen LogP contribution in [0.3, 0.4) is 0 Å². The number of pyridine rings is 1. The number of benzene rings is 3. The summed E-state index contributed by atoms with van der Waals surface area (Å²) < 4.78 is 5.66. The van der Waals surface area contributed by atoms with Gasteiger partial charge in [-0.25, -0.2) is 4.98 Å². The van der Waals surface area contributed by atoms with Gasteiger partial charge in [-0.2, -0.15) is 0 Å². The van der Waals surface area contributed by atoms with Gasteiger partial charge in [0, 0.05) is 24.0 Å². The first kappa shape index (κ1) is 21.0. The maximum Gasteiger partial charge on any atom is 0.176 e. The lowest BCUT2D eigenvalue weighted by Crippen LogP contribution is -2.32. The van der Waals surface area contributed by atoms with Crippen LogP contribution in [0.2, 0.25) is 5.02 Å². The summed E-state index contributed by atoms with van der Waals surface area (Å²) in [6.07, 6.45) is 2.10. The van der Waals surface area contributed by atoms with Crippen molar-refractivity contribution < 1.29 is 9.84 Å². The first-order valence-electron chi connectivity index (χ1n) is 11.3. The predicted molar refractivity (Wildman–Crippen MR) is 132 cm³/mol. The van der Waals surface area contributed by atoms with Gasteiger partial charge in [0.1, 0.15) is 0 Å². The summed E-state index contributed by atoms with van der Waals surface area (Å²) in [5.41, 5.74) is 5.41. The number of aromatic hydroxyl groups is 1. The number of ether oxygens (including phenoxy) is 1. The Morgan fingerprint density at radius 3 is 2.75 bits per heavy atom. The molecule has 4 aromatic rings. The molecule has 1 aliphatic heterocycles. The van der Waals surface area contributed by atoms with Crippen LogP contribution in [0.1, 0.15) is 31.4 Å². The van der Waals surface area contributed by atoms with Crippen molar-refractivity contribution in [3.8, 4) is 22.8 Å². The molecule has 0 atom stereocenters.